The Hall–Kier alpha value is -2.82. The Morgan fingerprint density at radius 2 is 1.76 bits per heavy atom. The van der Waals surface area contributed by atoms with Crippen LogP contribution in [0.25, 0.3) is 0 Å². The number of rotatable bonds is 2. The molecular formula is C16H14N2O3. The smallest absolute Gasteiger partial charge is 0.335 e. The van der Waals surface area contributed by atoms with Crippen molar-refractivity contribution in [2.24, 2.45) is 0 Å². The Labute approximate surface area is 121 Å². The number of nitrogens with two attached hydrogens (primary N) is 1. The van der Waals surface area contributed by atoms with Gasteiger partial charge in [0, 0.05) is 18.8 Å². The fourth-order valence-corrected chi connectivity index (χ4v) is 2.53. The van der Waals surface area contributed by atoms with Gasteiger partial charge in [-0.05, 0) is 35.4 Å². The van der Waals surface area contributed by atoms with Crippen LogP contribution in [-0.4, -0.2) is 21.9 Å². The summed E-state index contributed by atoms with van der Waals surface area (Å²) in [4.78, 5) is 25.1. The molecule has 0 atom stereocenters. The van der Waals surface area contributed by atoms with Gasteiger partial charge >= 0.3 is 5.97 Å². The highest BCUT2D eigenvalue weighted by Gasteiger charge is 2.25. The van der Waals surface area contributed by atoms with E-state index in [0.29, 0.717) is 24.3 Å². The van der Waals surface area contributed by atoms with Gasteiger partial charge in [0.15, 0.2) is 0 Å². The molecule has 0 fully saturated rings. The third-order valence-electron chi connectivity index (χ3n) is 3.65. The van der Waals surface area contributed by atoms with E-state index in [0.717, 1.165) is 11.1 Å². The summed E-state index contributed by atoms with van der Waals surface area (Å²) < 4.78 is 0. The quantitative estimate of drug-likeness (QED) is 0.826. The lowest BCUT2D eigenvalue weighted by molar-refractivity contribution is 0.0696. The standard InChI is InChI=1S/C16H14N2O3/c17-14-4-2-1-3-13(14)15(19)18-8-11-6-5-10(16(20)21)7-12(11)9-18/h1-7H,8-9,17H2,(H,20,21). The highest BCUT2D eigenvalue weighted by atomic mass is 16.4. The molecule has 0 unspecified atom stereocenters. The number of carboxylic acid groups (broad SMARTS) is 1. The third kappa shape index (κ3) is 2.33. The number of carbonyl (C=O) groups is 2. The lowest BCUT2D eigenvalue weighted by atomic mass is 10.1. The maximum Gasteiger partial charge on any atom is 0.335 e. The lowest BCUT2D eigenvalue weighted by Crippen LogP contribution is -2.26. The van der Waals surface area contributed by atoms with Crippen molar-refractivity contribution in [2.75, 3.05) is 5.73 Å². The van der Waals surface area contributed by atoms with Crippen LogP contribution in [0.2, 0.25) is 0 Å². The number of para-hydroxylation sites is 1. The summed E-state index contributed by atoms with van der Waals surface area (Å²) in [5.74, 6) is -1.10. The zero-order chi connectivity index (χ0) is 15.0. The average molecular weight is 282 g/mol. The van der Waals surface area contributed by atoms with Crippen LogP contribution in [0.5, 0.6) is 0 Å². The summed E-state index contributed by atoms with van der Waals surface area (Å²) in [6, 6.07) is 11.9. The molecule has 2 aromatic carbocycles. The number of hydrogen-bond acceptors (Lipinski definition) is 3. The van der Waals surface area contributed by atoms with E-state index in [2.05, 4.69) is 0 Å². The highest BCUT2D eigenvalue weighted by molar-refractivity contribution is 5.99. The number of fused-ring (bicyclic) bond motifs is 1. The van der Waals surface area contributed by atoms with Gasteiger partial charge < -0.3 is 15.7 Å². The number of anilines is 1. The van der Waals surface area contributed by atoms with Gasteiger partial charge in [-0.3, -0.25) is 4.79 Å². The van der Waals surface area contributed by atoms with Crippen LogP contribution in [0, 0.1) is 0 Å². The number of hydrogen-bond donors (Lipinski definition) is 2. The van der Waals surface area contributed by atoms with Gasteiger partial charge in [-0.1, -0.05) is 18.2 Å². The Kier molecular flexibility index (Phi) is 3.10. The molecular weight excluding hydrogens is 268 g/mol. The predicted molar refractivity (Wildman–Crippen MR) is 77.8 cm³/mol. The summed E-state index contributed by atoms with van der Waals surface area (Å²) in [6.07, 6.45) is 0. The minimum absolute atomic E-state index is 0.138. The van der Waals surface area contributed by atoms with Crippen LogP contribution in [-0.2, 0) is 13.1 Å². The fourth-order valence-electron chi connectivity index (χ4n) is 2.53. The summed E-state index contributed by atoms with van der Waals surface area (Å²) >= 11 is 0. The Morgan fingerprint density at radius 3 is 2.48 bits per heavy atom. The van der Waals surface area contributed by atoms with E-state index in [1.807, 2.05) is 0 Å². The fraction of sp³-hybridized carbons (Fsp3) is 0.125. The molecule has 1 amide bonds. The molecule has 1 aliphatic heterocycles. The first-order valence-electron chi connectivity index (χ1n) is 6.55. The van der Waals surface area contributed by atoms with E-state index >= 15 is 0 Å². The second-order valence-corrected chi connectivity index (χ2v) is 5.04. The van der Waals surface area contributed by atoms with Gasteiger partial charge in [0.05, 0.1) is 11.1 Å². The number of benzene rings is 2. The maximum absolute atomic E-state index is 12.5. The van der Waals surface area contributed by atoms with Crippen molar-refractivity contribution in [3.05, 3.63) is 64.7 Å². The molecule has 0 aromatic heterocycles. The van der Waals surface area contributed by atoms with Crippen molar-refractivity contribution in [1.29, 1.82) is 0 Å². The van der Waals surface area contributed by atoms with Crippen molar-refractivity contribution in [3.8, 4) is 0 Å². The number of amides is 1. The largest absolute Gasteiger partial charge is 0.478 e. The van der Waals surface area contributed by atoms with E-state index in [1.54, 1.807) is 47.4 Å². The first kappa shape index (κ1) is 13.2. The van der Waals surface area contributed by atoms with Gasteiger partial charge in [-0.25, -0.2) is 4.79 Å². The molecule has 5 nitrogen and oxygen atoms in total. The van der Waals surface area contributed by atoms with Gasteiger partial charge in [-0.2, -0.15) is 0 Å². The highest BCUT2D eigenvalue weighted by Crippen LogP contribution is 2.26. The van der Waals surface area contributed by atoms with Crippen LogP contribution in [0.1, 0.15) is 31.8 Å². The normalized spacial score (nSPS) is 13.0. The maximum atomic E-state index is 12.5. The number of carbonyl (C=O) groups excluding carboxylic acids is 1. The first-order valence-corrected chi connectivity index (χ1v) is 6.55. The summed E-state index contributed by atoms with van der Waals surface area (Å²) in [5.41, 5.74) is 8.84. The zero-order valence-electron chi connectivity index (χ0n) is 11.2. The van der Waals surface area contributed by atoms with Gasteiger partial charge in [-0.15, -0.1) is 0 Å². The first-order chi connectivity index (χ1) is 10.1. The second kappa shape index (κ2) is 4.94. The van der Waals surface area contributed by atoms with Gasteiger partial charge in [0.25, 0.3) is 5.91 Å². The number of nitrogen functional groups attached to an aromatic ring is 1. The van der Waals surface area contributed by atoms with E-state index in [4.69, 9.17) is 10.8 Å². The van der Waals surface area contributed by atoms with E-state index in [-0.39, 0.29) is 11.5 Å². The van der Waals surface area contributed by atoms with Crippen molar-refractivity contribution in [1.82, 2.24) is 4.90 Å². The second-order valence-electron chi connectivity index (χ2n) is 5.04. The molecule has 0 saturated carbocycles. The van der Waals surface area contributed by atoms with Crippen LogP contribution in [0.15, 0.2) is 42.5 Å². The molecule has 0 bridgehead atoms. The van der Waals surface area contributed by atoms with Crippen molar-refractivity contribution < 1.29 is 14.7 Å². The Balaban J connectivity index is 1.86. The summed E-state index contributed by atoms with van der Waals surface area (Å²) in [7, 11) is 0. The van der Waals surface area contributed by atoms with Crippen LogP contribution in [0.3, 0.4) is 0 Å². The predicted octanol–water partition coefficient (Wildman–Crippen LogP) is 2.12. The molecule has 3 rings (SSSR count). The SMILES string of the molecule is Nc1ccccc1C(=O)N1Cc2ccc(C(=O)O)cc2C1. The minimum Gasteiger partial charge on any atom is -0.478 e. The topological polar surface area (TPSA) is 83.6 Å². The van der Waals surface area contributed by atoms with Crippen molar-refractivity contribution >= 4 is 17.6 Å². The molecule has 3 N–H and O–H groups in total. The molecule has 0 radical (unpaired) electrons. The minimum atomic E-state index is -0.963. The molecule has 0 aliphatic carbocycles. The number of nitrogens with zero attached hydrogens (tertiary/aromatic N) is 1. The molecule has 0 saturated heterocycles. The zero-order valence-corrected chi connectivity index (χ0v) is 11.2. The van der Waals surface area contributed by atoms with Crippen LogP contribution in [0.4, 0.5) is 5.69 Å². The lowest BCUT2D eigenvalue weighted by Gasteiger charge is -2.16. The van der Waals surface area contributed by atoms with Crippen molar-refractivity contribution in [2.45, 2.75) is 13.1 Å². The molecule has 1 heterocycles. The Bertz CT molecular complexity index is 740. The molecule has 2 aromatic rings. The molecule has 106 valence electrons. The summed E-state index contributed by atoms with van der Waals surface area (Å²) in [5, 5.41) is 9.01. The average Bonchev–Trinajstić information content (AvgIpc) is 2.89. The Morgan fingerprint density at radius 1 is 1.05 bits per heavy atom. The number of aromatic carboxylic acids is 1. The van der Waals surface area contributed by atoms with E-state index < -0.39 is 5.97 Å². The van der Waals surface area contributed by atoms with E-state index in [1.165, 1.54) is 0 Å². The third-order valence-corrected chi connectivity index (χ3v) is 3.65. The van der Waals surface area contributed by atoms with Crippen molar-refractivity contribution in [3.63, 3.8) is 0 Å². The number of carboxylic acids is 1. The molecule has 0 spiro atoms. The van der Waals surface area contributed by atoms with Crippen LogP contribution < -0.4 is 5.73 Å². The molecule has 5 heteroatoms. The molecule has 1 aliphatic rings. The van der Waals surface area contributed by atoms with E-state index in [9.17, 15) is 9.59 Å². The monoisotopic (exact) mass is 282 g/mol. The van der Waals surface area contributed by atoms with Gasteiger partial charge in [0.1, 0.15) is 0 Å². The molecule has 21 heavy (non-hydrogen) atoms. The summed E-state index contributed by atoms with van der Waals surface area (Å²) in [6.45, 7) is 0.881. The van der Waals surface area contributed by atoms with Gasteiger partial charge in [0.2, 0.25) is 0 Å². The van der Waals surface area contributed by atoms with Crippen LogP contribution >= 0.6 is 0 Å².